The zero-order valence-electron chi connectivity index (χ0n) is 14.9. The Hall–Kier alpha value is -2.65. The van der Waals surface area contributed by atoms with E-state index >= 15 is 0 Å². The van der Waals surface area contributed by atoms with E-state index < -0.39 is 0 Å². The highest BCUT2D eigenvalue weighted by molar-refractivity contribution is 7.99. The van der Waals surface area contributed by atoms with E-state index in [9.17, 15) is 5.26 Å². The zero-order valence-corrected chi connectivity index (χ0v) is 17.4. The minimum absolute atomic E-state index is 0.654. The molecule has 4 aromatic rings. The van der Waals surface area contributed by atoms with Gasteiger partial charge in [-0.25, -0.2) is 4.98 Å². The molecule has 4 rings (SSSR count). The molecule has 136 valence electrons. The Morgan fingerprint density at radius 1 is 0.964 bits per heavy atom. The van der Waals surface area contributed by atoms with Gasteiger partial charge >= 0.3 is 0 Å². The summed E-state index contributed by atoms with van der Waals surface area (Å²) in [6.45, 7) is 0. The Kier molecular flexibility index (Phi) is 6.03. The highest BCUT2D eigenvalue weighted by Crippen LogP contribution is 2.37. The van der Waals surface area contributed by atoms with E-state index in [1.54, 1.807) is 34.4 Å². The Morgan fingerprint density at radius 2 is 1.71 bits per heavy atom. The zero-order chi connectivity index (χ0) is 19.2. The van der Waals surface area contributed by atoms with Crippen LogP contribution in [0.3, 0.4) is 0 Å². The summed E-state index contributed by atoms with van der Waals surface area (Å²) >= 11 is 4.91. The van der Waals surface area contributed by atoms with Gasteiger partial charge in [0, 0.05) is 16.2 Å². The maximum absolute atomic E-state index is 9.84. The number of hydrogen-bond acceptors (Lipinski definition) is 5. The number of thioether (sulfide) groups is 1. The molecule has 0 atom stereocenters. The highest BCUT2D eigenvalue weighted by Gasteiger charge is 2.16. The minimum Gasteiger partial charge on any atom is -0.239 e. The number of benzene rings is 1. The van der Waals surface area contributed by atoms with Crippen molar-refractivity contribution in [2.45, 2.75) is 5.03 Å². The van der Waals surface area contributed by atoms with Crippen LogP contribution >= 0.6 is 34.4 Å². The van der Waals surface area contributed by atoms with Crippen molar-refractivity contribution < 1.29 is 0 Å². The summed E-state index contributed by atoms with van der Waals surface area (Å²) in [5.41, 5.74) is 3.71. The molecule has 0 spiro atoms. The molecule has 5 heteroatoms. The van der Waals surface area contributed by atoms with Crippen molar-refractivity contribution in [1.82, 2.24) is 4.98 Å². The summed E-state index contributed by atoms with van der Waals surface area (Å²) in [6, 6.07) is 22.8. The first-order valence-electron chi connectivity index (χ1n) is 8.72. The van der Waals surface area contributed by atoms with Gasteiger partial charge in [0.25, 0.3) is 0 Å². The van der Waals surface area contributed by atoms with Crippen molar-refractivity contribution in [2.24, 2.45) is 0 Å². The highest BCUT2D eigenvalue weighted by atomic mass is 32.2. The number of hydrogen-bond donors (Lipinski definition) is 0. The molecule has 3 heterocycles. The van der Waals surface area contributed by atoms with Gasteiger partial charge < -0.3 is 0 Å². The van der Waals surface area contributed by atoms with Crippen LogP contribution in [0.25, 0.3) is 27.1 Å². The number of rotatable bonds is 6. The molecule has 0 fully saturated rings. The third-order valence-corrected chi connectivity index (χ3v) is 6.81. The molecule has 0 bridgehead atoms. The van der Waals surface area contributed by atoms with Gasteiger partial charge in [-0.3, -0.25) is 0 Å². The maximum Gasteiger partial charge on any atom is 0.116 e. The molecule has 0 amide bonds. The number of nitriles is 1. The molecule has 0 radical (unpaired) electrons. The van der Waals surface area contributed by atoms with E-state index in [1.165, 1.54) is 5.56 Å². The van der Waals surface area contributed by atoms with Gasteiger partial charge in [0.1, 0.15) is 11.1 Å². The van der Waals surface area contributed by atoms with Crippen molar-refractivity contribution in [3.05, 3.63) is 88.6 Å². The molecular weight excluding hydrogens is 400 g/mol. The van der Waals surface area contributed by atoms with Crippen LogP contribution in [0.4, 0.5) is 0 Å². The average molecular weight is 417 g/mol. The van der Waals surface area contributed by atoms with E-state index in [1.807, 2.05) is 41.8 Å². The van der Waals surface area contributed by atoms with Crippen LogP contribution in [-0.2, 0) is 0 Å². The van der Waals surface area contributed by atoms with Crippen LogP contribution in [0.1, 0.15) is 11.1 Å². The SMILES string of the molecule is N#Cc1c(-c2cccs2)cc(-c2cccs2)nc1SCC=Cc1ccccc1. The fraction of sp³-hybridized carbons (Fsp3) is 0.0435. The smallest absolute Gasteiger partial charge is 0.116 e. The van der Waals surface area contributed by atoms with E-state index in [0.717, 1.165) is 31.8 Å². The Balaban J connectivity index is 1.67. The van der Waals surface area contributed by atoms with E-state index in [-0.39, 0.29) is 0 Å². The lowest BCUT2D eigenvalue weighted by Crippen LogP contribution is -1.94. The van der Waals surface area contributed by atoms with E-state index in [0.29, 0.717) is 5.56 Å². The van der Waals surface area contributed by atoms with Crippen LogP contribution in [0, 0.1) is 11.3 Å². The van der Waals surface area contributed by atoms with Crippen LogP contribution in [-0.4, -0.2) is 10.7 Å². The molecule has 0 aliphatic rings. The van der Waals surface area contributed by atoms with Crippen LogP contribution in [0.5, 0.6) is 0 Å². The first-order valence-corrected chi connectivity index (χ1v) is 11.5. The molecule has 0 N–H and O–H groups in total. The van der Waals surface area contributed by atoms with Crippen LogP contribution in [0.2, 0.25) is 0 Å². The predicted molar refractivity (Wildman–Crippen MR) is 122 cm³/mol. The Bertz CT molecular complexity index is 1110. The van der Waals surface area contributed by atoms with E-state index in [2.05, 4.69) is 47.9 Å². The van der Waals surface area contributed by atoms with Gasteiger partial charge in [-0.2, -0.15) is 5.26 Å². The average Bonchev–Trinajstić information content (AvgIpc) is 3.45. The second-order valence-corrected chi connectivity index (χ2v) is 8.83. The fourth-order valence-electron chi connectivity index (χ4n) is 2.79. The van der Waals surface area contributed by atoms with Crippen LogP contribution in [0.15, 0.2) is 82.5 Å². The summed E-state index contributed by atoms with van der Waals surface area (Å²) in [4.78, 5) is 7.03. The summed E-state index contributed by atoms with van der Waals surface area (Å²) in [5.74, 6) is 0.758. The van der Waals surface area contributed by atoms with Gasteiger partial charge in [-0.15, -0.1) is 34.4 Å². The lowest BCUT2D eigenvalue weighted by atomic mass is 10.1. The molecule has 0 aliphatic heterocycles. The minimum atomic E-state index is 0.654. The molecule has 0 saturated heterocycles. The van der Waals surface area contributed by atoms with Crippen molar-refractivity contribution >= 4 is 40.5 Å². The summed E-state index contributed by atoms with van der Waals surface area (Å²) in [7, 11) is 0. The topological polar surface area (TPSA) is 36.7 Å². The van der Waals surface area contributed by atoms with Gasteiger partial charge in [0.2, 0.25) is 0 Å². The quantitative estimate of drug-likeness (QED) is 0.311. The lowest BCUT2D eigenvalue weighted by Gasteiger charge is -2.10. The Labute approximate surface area is 176 Å². The maximum atomic E-state index is 9.84. The molecule has 0 aliphatic carbocycles. The van der Waals surface area contributed by atoms with Crippen molar-refractivity contribution in [3.63, 3.8) is 0 Å². The second kappa shape index (κ2) is 9.03. The molecule has 1 aromatic carbocycles. The first-order chi connectivity index (χ1) is 13.8. The molecule has 0 saturated carbocycles. The van der Waals surface area contributed by atoms with Gasteiger partial charge in [0.05, 0.1) is 16.1 Å². The van der Waals surface area contributed by atoms with Crippen molar-refractivity contribution in [2.75, 3.05) is 5.75 Å². The Morgan fingerprint density at radius 3 is 2.39 bits per heavy atom. The summed E-state index contributed by atoms with van der Waals surface area (Å²) in [6.07, 6.45) is 4.22. The monoisotopic (exact) mass is 416 g/mol. The number of aromatic nitrogens is 1. The second-order valence-electron chi connectivity index (χ2n) is 5.93. The molecule has 3 aromatic heterocycles. The van der Waals surface area contributed by atoms with Gasteiger partial charge in [-0.1, -0.05) is 54.6 Å². The van der Waals surface area contributed by atoms with Crippen LogP contribution < -0.4 is 0 Å². The summed E-state index contributed by atoms with van der Waals surface area (Å²) < 4.78 is 0. The standard InChI is InChI=1S/C23H16N2S3/c24-16-19-18(21-10-5-12-26-21)15-20(22-11-6-13-27-22)25-23(19)28-14-4-9-17-7-2-1-3-8-17/h1-13,15H,14H2. The summed E-state index contributed by atoms with van der Waals surface area (Å²) in [5, 5.41) is 14.7. The largest absolute Gasteiger partial charge is 0.239 e. The number of thiophene rings is 2. The van der Waals surface area contributed by atoms with Crippen molar-refractivity contribution in [3.8, 4) is 27.1 Å². The molecule has 28 heavy (non-hydrogen) atoms. The number of pyridine rings is 1. The number of nitrogens with zero attached hydrogens (tertiary/aromatic N) is 2. The molecule has 0 unspecified atom stereocenters. The molecule has 2 nitrogen and oxygen atoms in total. The third-order valence-electron chi connectivity index (χ3n) is 4.08. The fourth-order valence-corrected chi connectivity index (χ4v) is 5.03. The molecular formula is C23H16N2S3. The van der Waals surface area contributed by atoms with Gasteiger partial charge in [0.15, 0.2) is 0 Å². The predicted octanol–water partition coefficient (Wildman–Crippen LogP) is 7.22. The van der Waals surface area contributed by atoms with Crippen molar-refractivity contribution in [1.29, 1.82) is 5.26 Å². The first kappa shape index (κ1) is 18.7. The van der Waals surface area contributed by atoms with Gasteiger partial charge in [-0.05, 0) is 34.5 Å². The lowest BCUT2D eigenvalue weighted by molar-refractivity contribution is 1.13. The van der Waals surface area contributed by atoms with E-state index in [4.69, 9.17) is 4.98 Å². The normalized spacial score (nSPS) is 11.0. The third kappa shape index (κ3) is 4.26.